The fourth-order valence-electron chi connectivity index (χ4n) is 4.28. The first kappa shape index (κ1) is 23.0. The largest absolute Gasteiger partial charge is 0.465 e. The van der Waals surface area contributed by atoms with Crippen LogP contribution in [0.3, 0.4) is 0 Å². The number of esters is 2. The Morgan fingerprint density at radius 1 is 1.00 bits per heavy atom. The van der Waals surface area contributed by atoms with Crippen LogP contribution < -0.4 is 10.2 Å². The van der Waals surface area contributed by atoms with Gasteiger partial charge in [0.15, 0.2) is 0 Å². The zero-order valence-electron chi connectivity index (χ0n) is 19.8. The number of fused-ring (bicyclic) bond motifs is 1. The van der Waals surface area contributed by atoms with Crippen LogP contribution in [0.2, 0.25) is 0 Å². The van der Waals surface area contributed by atoms with Gasteiger partial charge >= 0.3 is 11.9 Å². The van der Waals surface area contributed by atoms with Gasteiger partial charge in [-0.15, -0.1) is 0 Å². The van der Waals surface area contributed by atoms with E-state index in [4.69, 9.17) is 9.47 Å². The maximum absolute atomic E-state index is 12.7. The molecule has 176 valence electrons. The summed E-state index contributed by atoms with van der Waals surface area (Å²) in [6.07, 6.45) is 3.00. The molecule has 4 rings (SSSR count). The number of rotatable bonds is 5. The van der Waals surface area contributed by atoms with Gasteiger partial charge in [0.1, 0.15) is 0 Å². The lowest BCUT2D eigenvalue weighted by Crippen LogP contribution is -2.31. The zero-order chi connectivity index (χ0) is 24.6. The quantitative estimate of drug-likeness (QED) is 0.578. The summed E-state index contributed by atoms with van der Waals surface area (Å²) in [5.41, 5.74) is 5.63. The number of aryl methyl sites for hydroxylation is 3. The van der Waals surface area contributed by atoms with Crippen LogP contribution in [-0.2, 0) is 27.7 Å². The zero-order valence-corrected chi connectivity index (χ0v) is 19.8. The average Bonchev–Trinajstić information content (AvgIpc) is 3.17. The minimum atomic E-state index is -0.673. The molecule has 2 aromatic carbocycles. The maximum Gasteiger partial charge on any atom is 0.340 e. The first-order valence-corrected chi connectivity index (χ1v) is 10.8. The monoisotopic (exact) mass is 462 g/mol. The van der Waals surface area contributed by atoms with Crippen LogP contribution in [0, 0.1) is 6.92 Å². The molecule has 1 aliphatic rings. The number of methoxy groups -OCH3 is 2. The number of benzene rings is 2. The number of aromatic nitrogens is 2. The minimum absolute atomic E-state index is 0.0340. The Kier molecular flexibility index (Phi) is 6.10. The molecule has 1 aromatic heterocycles. The van der Waals surface area contributed by atoms with Crippen LogP contribution in [0.15, 0.2) is 36.5 Å². The molecule has 0 fully saturated rings. The maximum atomic E-state index is 12.7. The number of anilines is 3. The Balaban J connectivity index is 1.93. The van der Waals surface area contributed by atoms with E-state index >= 15 is 0 Å². The highest BCUT2D eigenvalue weighted by atomic mass is 16.5. The summed E-state index contributed by atoms with van der Waals surface area (Å²) in [7, 11) is 6.10. The summed E-state index contributed by atoms with van der Waals surface area (Å²) in [6, 6.07) is 8.79. The number of nitrogens with zero attached hydrogens (tertiary/aromatic N) is 3. The third kappa shape index (κ3) is 4.00. The van der Waals surface area contributed by atoms with Gasteiger partial charge in [0.2, 0.25) is 5.91 Å². The number of ether oxygens (including phenoxy) is 2. The van der Waals surface area contributed by atoms with Crippen molar-refractivity contribution in [1.82, 2.24) is 9.78 Å². The standard InChI is InChI=1S/C25H26N4O5/c1-14-18(13-28(2)27-14)17-11-15-9-10-22(30)29(3)21(15)12-20(17)26-19-8-6-7-16(24(31)33-4)23(19)25(32)34-5/h6-8,11-13,26H,9-10H2,1-5H3. The van der Waals surface area contributed by atoms with Crippen molar-refractivity contribution in [3.63, 3.8) is 0 Å². The summed E-state index contributed by atoms with van der Waals surface area (Å²) in [5, 5.41) is 7.78. The summed E-state index contributed by atoms with van der Waals surface area (Å²) in [4.78, 5) is 39.0. The highest BCUT2D eigenvalue weighted by Crippen LogP contribution is 2.40. The number of amides is 1. The van der Waals surface area contributed by atoms with Crippen LogP contribution in [0.5, 0.6) is 0 Å². The van der Waals surface area contributed by atoms with Crippen molar-refractivity contribution < 1.29 is 23.9 Å². The first-order valence-electron chi connectivity index (χ1n) is 10.8. The minimum Gasteiger partial charge on any atom is -0.465 e. The number of hydrogen-bond donors (Lipinski definition) is 1. The van der Waals surface area contributed by atoms with Gasteiger partial charge in [0, 0.05) is 49.2 Å². The van der Waals surface area contributed by atoms with Gasteiger partial charge < -0.3 is 19.7 Å². The lowest BCUT2D eigenvalue weighted by molar-refractivity contribution is -0.118. The summed E-state index contributed by atoms with van der Waals surface area (Å²) >= 11 is 0. The first-order chi connectivity index (χ1) is 16.2. The van der Waals surface area contributed by atoms with E-state index in [1.807, 2.05) is 32.3 Å². The van der Waals surface area contributed by atoms with E-state index in [9.17, 15) is 14.4 Å². The second-order valence-electron chi connectivity index (χ2n) is 8.12. The number of nitrogens with one attached hydrogen (secondary N) is 1. The smallest absolute Gasteiger partial charge is 0.340 e. The van der Waals surface area contributed by atoms with Gasteiger partial charge in [-0.25, -0.2) is 9.59 Å². The van der Waals surface area contributed by atoms with Gasteiger partial charge in [-0.1, -0.05) is 6.07 Å². The molecule has 0 aliphatic carbocycles. The van der Waals surface area contributed by atoms with E-state index in [2.05, 4.69) is 10.4 Å². The predicted molar refractivity (Wildman–Crippen MR) is 128 cm³/mol. The normalized spacial score (nSPS) is 12.9. The molecule has 0 bridgehead atoms. The fraction of sp³-hybridized carbons (Fsp3) is 0.280. The molecule has 1 N–H and O–H groups in total. The third-order valence-electron chi connectivity index (χ3n) is 5.99. The molecule has 34 heavy (non-hydrogen) atoms. The van der Waals surface area contributed by atoms with E-state index in [1.165, 1.54) is 20.3 Å². The molecule has 0 radical (unpaired) electrons. The molecule has 1 aliphatic heterocycles. The number of carbonyl (C=O) groups is 3. The average molecular weight is 463 g/mol. The molecule has 0 unspecified atom stereocenters. The van der Waals surface area contributed by atoms with Crippen molar-refractivity contribution in [3.8, 4) is 11.1 Å². The van der Waals surface area contributed by atoms with Crippen molar-refractivity contribution >= 4 is 34.9 Å². The molecule has 0 saturated carbocycles. The highest BCUT2D eigenvalue weighted by Gasteiger charge is 2.26. The van der Waals surface area contributed by atoms with Crippen molar-refractivity contribution in [2.45, 2.75) is 19.8 Å². The third-order valence-corrected chi connectivity index (χ3v) is 5.99. The van der Waals surface area contributed by atoms with Crippen LogP contribution in [0.4, 0.5) is 17.1 Å². The highest BCUT2D eigenvalue weighted by molar-refractivity contribution is 6.08. The Morgan fingerprint density at radius 2 is 1.74 bits per heavy atom. The lowest BCUT2D eigenvalue weighted by atomic mass is 9.94. The molecule has 1 amide bonds. The van der Waals surface area contributed by atoms with Crippen molar-refractivity contribution in [3.05, 3.63) is 58.9 Å². The van der Waals surface area contributed by atoms with E-state index in [0.717, 1.165) is 28.1 Å². The molecule has 3 aromatic rings. The predicted octanol–water partition coefficient (Wildman–Crippen LogP) is 3.62. The van der Waals surface area contributed by atoms with Gasteiger partial charge in [-0.05, 0) is 43.2 Å². The van der Waals surface area contributed by atoms with Crippen molar-refractivity contribution in [2.75, 3.05) is 31.5 Å². The second-order valence-corrected chi connectivity index (χ2v) is 8.12. The molecule has 0 spiro atoms. The van der Waals surface area contributed by atoms with Crippen molar-refractivity contribution in [1.29, 1.82) is 0 Å². The number of carbonyl (C=O) groups excluding carboxylic acids is 3. The van der Waals surface area contributed by atoms with Gasteiger partial charge in [0.05, 0.1) is 36.7 Å². The molecule has 0 saturated heterocycles. The van der Waals surface area contributed by atoms with Crippen LogP contribution in [0.25, 0.3) is 11.1 Å². The van der Waals surface area contributed by atoms with E-state index < -0.39 is 11.9 Å². The molecule has 9 nitrogen and oxygen atoms in total. The summed E-state index contributed by atoms with van der Waals surface area (Å²) in [5.74, 6) is -1.29. The molecule has 0 atom stereocenters. The second kappa shape index (κ2) is 9.01. The van der Waals surface area contributed by atoms with E-state index in [1.54, 1.807) is 28.8 Å². The van der Waals surface area contributed by atoms with Crippen LogP contribution in [0.1, 0.15) is 38.4 Å². The van der Waals surface area contributed by atoms with Crippen LogP contribution >= 0.6 is 0 Å². The van der Waals surface area contributed by atoms with E-state index in [0.29, 0.717) is 24.2 Å². The molecule has 9 heteroatoms. The van der Waals surface area contributed by atoms with Gasteiger partial charge in [-0.2, -0.15) is 5.10 Å². The van der Waals surface area contributed by atoms with Crippen molar-refractivity contribution in [2.24, 2.45) is 7.05 Å². The molecular weight excluding hydrogens is 436 g/mol. The topological polar surface area (TPSA) is 103 Å². The van der Waals surface area contributed by atoms with E-state index in [-0.39, 0.29) is 17.0 Å². The Hall–Kier alpha value is -4.14. The molecular formula is C25H26N4O5. The number of hydrogen-bond acceptors (Lipinski definition) is 7. The Bertz CT molecular complexity index is 1310. The fourth-order valence-corrected chi connectivity index (χ4v) is 4.28. The SMILES string of the molecule is COC(=O)c1cccc(Nc2cc3c(cc2-c2cn(C)nc2C)CCC(=O)N3C)c1C(=O)OC. The Labute approximate surface area is 197 Å². The molecule has 2 heterocycles. The summed E-state index contributed by atoms with van der Waals surface area (Å²) < 4.78 is 11.6. The lowest BCUT2D eigenvalue weighted by Gasteiger charge is -2.28. The van der Waals surface area contributed by atoms with Crippen LogP contribution in [-0.4, -0.2) is 48.9 Å². The van der Waals surface area contributed by atoms with Gasteiger partial charge in [-0.3, -0.25) is 9.48 Å². The summed E-state index contributed by atoms with van der Waals surface area (Å²) in [6.45, 7) is 1.92. The Morgan fingerprint density at radius 3 is 2.38 bits per heavy atom. The van der Waals surface area contributed by atoms with Gasteiger partial charge in [0.25, 0.3) is 0 Å².